The molecule has 1 amide bonds. The Morgan fingerprint density at radius 2 is 2.10 bits per heavy atom. The fourth-order valence-corrected chi connectivity index (χ4v) is 2.56. The minimum Gasteiger partial charge on any atom is -0.507 e. The van der Waals surface area contributed by atoms with E-state index < -0.39 is 17.9 Å². The van der Waals surface area contributed by atoms with E-state index in [0.29, 0.717) is 13.0 Å². The summed E-state index contributed by atoms with van der Waals surface area (Å²) in [6, 6.07) is 4.11. The Morgan fingerprint density at radius 3 is 2.75 bits per heavy atom. The first-order chi connectivity index (χ1) is 9.54. The molecule has 2 rings (SSSR count). The molecule has 20 heavy (non-hydrogen) atoms. The van der Waals surface area contributed by atoms with Gasteiger partial charge in [0.2, 0.25) is 0 Å². The lowest BCUT2D eigenvalue weighted by Gasteiger charge is -2.33. The van der Waals surface area contributed by atoms with Crippen LogP contribution in [0.5, 0.6) is 5.75 Å². The standard InChI is InChI=1S/C15H19NO4/c1-2-10-6-7-13(17)11(9-10)14(18)16-8-4-3-5-12(16)15(19)20/h6-7,9,12,17H,2-5,8H2,1H3,(H,19,20). The molecule has 1 unspecified atom stereocenters. The molecule has 5 nitrogen and oxygen atoms in total. The number of nitrogens with zero attached hydrogens (tertiary/aromatic N) is 1. The quantitative estimate of drug-likeness (QED) is 0.886. The molecule has 1 saturated heterocycles. The Balaban J connectivity index is 2.31. The van der Waals surface area contributed by atoms with E-state index in [4.69, 9.17) is 0 Å². The van der Waals surface area contributed by atoms with Gasteiger partial charge in [-0.1, -0.05) is 13.0 Å². The number of carbonyl (C=O) groups is 2. The van der Waals surface area contributed by atoms with Gasteiger partial charge in [0, 0.05) is 6.54 Å². The molecule has 5 heteroatoms. The fraction of sp³-hybridized carbons (Fsp3) is 0.467. The van der Waals surface area contributed by atoms with E-state index in [2.05, 4.69) is 0 Å². The molecule has 1 aliphatic heterocycles. The van der Waals surface area contributed by atoms with Gasteiger partial charge >= 0.3 is 5.97 Å². The fourth-order valence-electron chi connectivity index (χ4n) is 2.56. The van der Waals surface area contributed by atoms with Crippen molar-refractivity contribution in [2.45, 2.75) is 38.6 Å². The second-order valence-corrected chi connectivity index (χ2v) is 5.05. The molecule has 1 aromatic rings. The summed E-state index contributed by atoms with van der Waals surface area (Å²) < 4.78 is 0. The minimum absolute atomic E-state index is 0.0955. The van der Waals surface area contributed by atoms with E-state index >= 15 is 0 Å². The van der Waals surface area contributed by atoms with Gasteiger partial charge in [0.25, 0.3) is 5.91 Å². The SMILES string of the molecule is CCc1ccc(O)c(C(=O)N2CCCCC2C(=O)O)c1. The van der Waals surface area contributed by atoms with Crippen LogP contribution in [0.25, 0.3) is 0 Å². The van der Waals surface area contributed by atoms with Gasteiger partial charge in [0.05, 0.1) is 5.56 Å². The van der Waals surface area contributed by atoms with E-state index in [1.165, 1.54) is 11.0 Å². The summed E-state index contributed by atoms with van der Waals surface area (Å²) >= 11 is 0. The summed E-state index contributed by atoms with van der Waals surface area (Å²) in [5.41, 5.74) is 1.13. The number of carboxylic acid groups (broad SMARTS) is 1. The Bertz CT molecular complexity index is 527. The maximum Gasteiger partial charge on any atom is 0.326 e. The number of aryl methyl sites for hydroxylation is 1. The number of phenolic OH excluding ortho intramolecular Hbond substituents is 1. The zero-order chi connectivity index (χ0) is 14.7. The van der Waals surface area contributed by atoms with Crippen LogP contribution in [-0.2, 0) is 11.2 Å². The smallest absolute Gasteiger partial charge is 0.326 e. The van der Waals surface area contributed by atoms with Crippen LogP contribution in [-0.4, -0.2) is 39.6 Å². The summed E-state index contributed by atoms with van der Waals surface area (Å²) in [5, 5.41) is 19.1. The summed E-state index contributed by atoms with van der Waals surface area (Å²) in [4.78, 5) is 25.1. The molecule has 0 spiro atoms. The summed E-state index contributed by atoms with van der Waals surface area (Å²) in [6.45, 7) is 2.38. The lowest BCUT2D eigenvalue weighted by Crippen LogP contribution is -2.48. The Kier molecular flexibility index (Phi) is 4.27. The molecular weight excluding hydrogens is 258 g/mol. The van der Waals surface area contributed by atoms with Crippen LogP contribution in [0.4, 0.5) is 0 Å². The minimum atomic E-state index is -0.982. The number of rotatable bonds is 3. The third-order valence-corrected chi connectivity index (χ3v) is 3.75. The number of phenols is 1. The van der Waals surface area contributed by atoms with Crippen molar-refractivity contribution >= 4 is 11.9 Å². The van der Waals surface area contributed by atoms with Crippen molar-refractivity contribution in [3.05, 3.63) is 29.3 Å². The van der Waals surface area contributed by atoms with Gasteiger partial charge in [-0.2, -0.15) is 0 Å². The van der Waals surface area contributed by atoms with Gasteiger partial charge in [-0.3, -0.25) is 4.79 Å². The molecule has 1 fully saturated rings. The maximum absolute atomic E-state index is 12.5. The molecule has 108 valence electrons. The summed E-state index contributed by atoms with van der Waals surface area (Å²) in [6.07, 6.45) is 2.82. The van der Waals surface area contributed by atoms with Gasteiger partial charge in [0.1, 0.15) is 11.8 Å². The van der Waals surface area contributed by atoms with Crippen LogP contribution in [0, 0.1) is 0 Å². The zero-order valence-corrected chi connectivity index (χ0v) is 11.5. The predicted octanol–water partition coefficient (Wildman–Crippen LogP) is 2.03. The monoisotopic (exact) mass is 277 g/mol. The van der Waals surface area contributed by atoms with E-state index in [1.54, 1.807) is 12.1 Å². The van der Waals surface area contributed by atoms with Gasteiger partial charge < -0.3 is 15.1 Å². The van der Waals surface area contributed by atoms with Crippen LogP contribution in [0.2, 0.25) is 0 Å². The first-order valence-electron chi connectivity index (χ1n) is 6.90. The largest absolute Gasteiger partial charge is 0.507 e. The highest BCUT2D eigenvalue weighted by Crippen LogP contribution is 2.25. The molecule has 1 heterocycles. The number of piperidine rings is 1. The topological polar surface area (TPSA) is 77.8 Å². The highest BCUT2D eigenvalue weighted by molar-refractivity contribution is 5.99. The normalized spacial score (nSPS) is 18.9. The van der Waals surface area contributed by atoms with E-state index in [0.717, 1.165) is 24.8 Å². The number of hydrogen-bond donors (Lipinski definition) is 2. The lowest BCUT2D eigenvalue weighted by atomic mass is 9.99. The molecule has 0 aliphatic carbocycles. The van der Waals surface area contributed by atoms with Crippen LogP contribution < -0.4 is 0 Å². The third-order valence-electron chi connectivity index (χ3n) is 3.75. The Labute approximate surface area is 117 Å². The van der Waals surface area contributed by atoms with E-state index in [1.807, 2.05) is 6.92 Å². The van der Waals surface area contributed by atoms with Crippen molar-refractivity contribution < 1.29 is 19.8 Å². The molecule has 0 aromatic heterocycles. The van der Waals surface area contributed by atoms with Crippen LogP contribution >= 0.6 is 0 Å². The number of carboxylic acids is 1. The Morgan fingerprint density at radius 1 is 1.35 bits per heavy atom. The molecule has 0 radical (unpaired) electrons. The highest BCUT2D eigenvalue weighted by Gasteiger charge is 2.33. The van der Waals surface area contributed by atoms with Gasteiger partial charge in [-0.05, 0) is 43.4 Å². The first-order valence-corrected chi connectivity index (χ1v) is 6.90. The van der Waals surface area contributed by atoms with Gasteiger partial charge in [-0.15, -0.1) is 0 Å². The Hall–Kier alpha value is -2.04. The maximum atomic E-state index is 12.5. The van der Waals surface area contributed by atoms with Crippen molar-refractivity contribution in [3.63, 3.8) is 0 Å². The number of hydrogen-bond acceptors (Lipinski definition) is 3. The van der Waals surface area contributed by atoms with Gasteiger partial charge in [0.15, 0.2) is 0 Å². The first kappa shape index (κ1) is 14.4. The molecule has 2 N–H and O–H groups in total. The number of amides is 1. The molecule has 0 bridgehead atoms. The number of likely N-dealkylation sites (tertiary alicyclic amines) is 1. The molecule has 1 atom stereocenters. The highest BCUT2D eigenvalue weighted by atomic mass is 16.4. The van der Waals surface area contributed by atoms with Crippen LogP contribution in [0.15, 0.2) is 18.2 Å². The van der Waals surface area contributed by atoms with Gasteiger partial charge in [-0.25, -0.2) is 4.79 Å². The number of carbonyl (C=O) groups excluding carboxylic acids is 1. The van der Waals surface area contributed by atoms with Crippen molar-refractivity contribution in [2.75, 3.05) is 6.54 Å². The molecular formula is C15H19NO4. The second-order valence-electron chi connectivity index (χ2n) is 5.05. The number of benzene rings is 1. The van der Waals surface area contributed by atoms with E-state index in [-0.39, 0.29) is 11.3 Å². The van der Waals surface area contributed by atoms with Crippen molar-refractivity contribution in [1.29, 1.82) is 0 Å². The molecule has 1 aliphatic rings. The second kappa shape index (κ2) is 5.94. The summed E-state index contributed by atoms with van der Waals surface area (Å²) in [7, 11) is 0. The third kappa shape index (κ3) is 2.76. The zero-order valence-electron chi connectivity index (χ0n) is 11.5. The predicted molar refractivity (Wildman–Crippen MR) is 73.8 cm³/mol. The van der Waals surface area contributed by atoms with Crippen molar-refractivity contribution in [1.82, 2.24) is 4.90 Å². The van der Waals surface area contributed by atoms with Crippen LogP contribution in [0.3, 0.4) is 0 Å². The molecule has 0 saturated carbocycles. The average molecular weight is 277 g/mol. The lowest BCUT2D eigenvalue weighted by molar-refractivity contribution is -0.143. The van der Waals surface area contributed by atoms with Crippen LogP contribution in [0.1, 0.15) is 42.1 Å². The average Bonchev–Trinajstić information content (AvgIpc) is 2.47. The van der Waals surface area contributed by atoms with Crippen molar-refractivity contribution in [2.24, 2.45) is 0 Å². The van der Waals surface area contributed by atoms with Crippen molar-refractivity contribution in [3.8, 4) is 5.75 Å². The van der Waals surface area contributed by atoms with E-state index in [9.17, 15) is 19.8 Å². The number of aromatic hydroxyl groups is 1. The number of aliphatic carboxylic acids is 1. The molecule has 1 aromatic carbocycles. The summed E-state index contributed by atoms with van der Waals surface area (Å²) in [5.74, 6) is -1.48.